The molecule has 0 saturated carbocycles. The van der Waals surface area contributed by atoms with Crippen molar-refractivity contribution in [1.29, 1.82) is 0 Å². The maximum Gasteiger partial charge on any atom is 0.254 e. The Labute approximate surface area is 118 Å². The summed E-state index contributed by atoms with van der Waals surface area (Å²) >= 11 is 0. The number of nitrogens with zero attached hydrogens (tertiary/aromatic N) is 2. The summed E-state index contributed by atoms with van der Waals surface area (Å²) in [5, 5.41) is 5.98. The van der Waals surface area contributed by atoms with Crippen molar-refractivity contribution in [3.63, 3.8) is 0 Å². The molecule has 1 atom stereocenters. The van der Waals surface area contributed by atoms with Crippen molar-refractivity contribution < 1.29 is 9.53 Å². The lowest BCUT2D eigenvalue weighted by molar-refractivity contribution is -0.128. The molecular weight excluding hydrogens is 256 g/mol. The predicted octanol–water partition coefficient (Wildman–Crippen LogP) is 0.609. The van der Waals surface area contributed by atoms with Gasteiger partial charge in [-0.1, -0.05) is 0 Å². The van der Waals surface area contributed by atoms with Crippen LogP contribution in [0, 0.1) is 0 Å². The van der Waals surface area contributed by atoms with Gasteiger partial charge >= 0.3 is 0 Å². The third-order valence-electron chi connectivity index (χ3n) is 3.67. The van der Waals surface area contributed by atoms with Crippen molar-refractivity contribution in [2.45, 2.75) is 18.9 Å². The summed E-state index contributed by atoms with van der Waals surface area (Å²) < 4.78 is 5.41. The van der Waals surface area contributed by atoms with Crippen molar-refractivity contribution in [2.75, 3.05) is 43.0 Å². The lowest BCUT2D eigenvalue weighted by Crippen LogP contribution is -2.45. The minimum Gasteiger partial charge on any atom is -0.366 e. The Morgan fingerprint density at radius 1 is 1.40 bits per heavy atom. The van der Waals surface area contributed by atoms with Crippen molar-refractivity contribution >= 4 is 17.4 Å². The van der Waals surface area contributed by atoms with E-state index in [0.29, 0.717) is 18.8 Å². The van der Waals surface area contributed by atoms with Crippen LogP contribution in [0.25, 0.3) is 0 Å². The number of pyridine rings is 1. The molecule has 108 valence electrons. The number of morpholine rings is 1. The van der Waals surface area contributed by atoms with Crippen molar-refractivity contribution in [3.8, 4) is 0 Å². The highest BCUT2D eigenvalue weighted by Gasteiger charge is 2.22. The van der Waals surface area contributed by atoms with E-state index in [1.165, 1.54) is 12.8 Å². The molecule has 0 aliphatic carbocycles. The highest BCUT2D eigenvalue weighted by atomic mass is 16.5. The van der Waals surface area contributed by atoms with Gasteiger partial charge in [0.1, 0.15) is 11.9 Å². The summed E-state index contributed by atoms with van der Waals surface area (Å²) in [6.07, 6.45) is 3.75. The Balaban J connectivity index is 1.58. The van der Waals surface area contributed by atoms with E-state index in [-0.39, 0.29) is 5.91 Å². The molecule has 2 saturated heterocycles. The van der Waals surface area contributed by atoms with Gasteiger partial charge in [-0.25, -0.2) is 4.98 Å². The molecule has 1 aromatic heterocycles. The van der Waals surface area contributed by atoms with Gasteiger partial charge in [-0.2, -0.15) is 0 Å². The summed E-state index contributed by atoms with van der Waals surface area (Å²) in [4.78, 5) is 18.7. The lowest BCUT2D eigenvalue weighted by Gasteiger charge is -2.22. The average Bonchev–Trinajstić information content (AvgIpc) is 3.03. The number of carbonyl (C=O) groups excluding carboxylic acids is 1. The van der Waals surface area contributed by atoms with Crippen LogP contribution in [0.3, 0.4) is 0 Å². The van der Waals surface area contributed by atoms with Gasteiger partial charge in [0, 0.05) is 26.2 Å². The SMILES string of the molecule is O=C(Nc1ccc(N2CCCC2)nc1)C1CNCCO1. The van der Waals surface area contributed by atoms with Crippen LogP contribution in [0.15, 0.2) is 18.3 Å². The number of amides is 1. The van der Waals surface area contributed by atoms with E-state index in [9.17, 15) is 4.79 Å². The van der Waals surface area contributed by atoms with E-state index in [2.05, 4.69) is 20.5 Å². The normalized spacial score (nSPS) is 22.8. The number of nitrogens with one attached hydrogen (secondary N) is 2. The fourth-order valence-electron chi connectivity index (χ4n) is 2.55. The molecule has 0 bridgehead atoms. The number of aromatic nitrogens is 1. The quantitative estimate of drug-likeness (QED) is 0.846. The highest BCUT2D eigenvalue weighted by molar-refractivity contribution is 5.94. The summed E-state index contributed by atoms with van der Waals surface area (Å²) in [6, 6.07) is 3.86. The standard InChI is InChI=1S/C14H20N4O2/c19-14(12-10-15-5-8-20-12)17-11-3-4-13(16-9-11)18-6-1-2-7-18/h3-4,9,12,15H,1-2,5-8,10H2,(H,17,19). The molecule has 3 heterocycles. The summed E-state index contributed by atoms with van der Waals surface area (Å²) in [6.45, 7) is 4.08. The van der Waals surface area contributed by atoms with Crippen molar-refractivity contribution in [3.05, 3.63) is 18.3 Å². The predicted molar refractivity (Wildman–Crippen MR) is 76.9 cm³/mol. The second-order valence-corrected chi connectivity index (χ2v) is 5.15. The van der Waals surface area contributed by atoms with Crippen LogP contribution in [0.1, 0.15) is 12.8 Å². The number of ether oxygens (including phenoxy) is 1. The summed E-state index contributed by atoms with van der Waals surface area (Å²) in [7, 11) is 0. The van der Waals surface area contributed by atoms with Crippen molar-refractivity contribution in [2.24, 2.45) is 0 Å². The van der Waals surface area contributed by atoms with Gasteiger partial charge in [0.05, 0.1) is 18.5 Å². The number of hydrogen-bond acceptors (Lipinski definition) is 5. The smallest absolute Gasteiger partial charge is 0.254 e. The van der Waals surface area contributed by atoms with Gasteiger partial charge in [-0.15, -0.1) is 0 Å². The van der Waals surface area contributed by atoms with E-state index < -0.39 is 6.10 Å². The first-order chi connectivity index (χ1) is 9.83. The molecule has 2 fully saturated rings. The molecule has 2 N–H and O–H groups in total. The van der Waals surface area contributed by atoms with Gasteiger partial charge in [-0.3, -0.25) is 4.79 Å². The summed E-state index contributed by atoms with van der Waals surface area (Å²) in [5.74, 6) is 0.865. The first-order valence-corrected chi connectivity index (χ1v) is 7.17. The zero-order valence-corrected chi connectivity index (χ0v) is 11.5. The molecule has 6 nitrogen and oxygen atoms in total. The summed E-state index contributed by atoms with van der Waals surface area (Å²) in [5.41, 5.74) is 0.715. The van der Waals surface area contributed by atoms with Gasteiger partial charge in [0.15, 0.2) is 0 Å². The van der Waals surface area contributed by atoms with E-state index in [1.54, 1.807) is 6.20 Å². The average molecular weight is 276 g/mol. The second-order valence-electron chi connectivity index (χ2n) is 5.15. The maximum atomic E-state index is 12.0. The third-order valence-corrected chi connectivity index (χ3v) is 3.67. The Bertz CT molecular complexity index is 451. The maximum absolute atomic E-state index is 12.0. The van der Waals surface area contributed by atoms with Gasteiger partial charge in [-0.05, 0) is 25.0 Å². The number of rotatable bonds is 3. The molecule has 6 heteroatoms. The number of anilines is 2. The minimum absolute atomic E-state index is 0.118. The van der Waals surface area contributed by atoms with E-state index in [4.69, 9.17) is 4.74 Å². The topological polar surface area (TPSA) is 66.5 Å². The molecular formula is C14H20N4O2. The Morgan fingerprint density at radius 3 is 2.90 bits per heavy atom. The number of hydrogen-bond donors (Lipinski definition) is 2. The molecule has 2 aliphatic rings. The Morgan fingerprint density at radius 2 is 2.25 bits per heavy atom. The number of carbonyl (C=O) groups is 1. The van der Waals surface area contributed by atoms with Crippen LogP contribution < -0.4 is 15.5 Å². The molecule has 1 amide bonds. The monoisotopic (exact) mass is 276 g/mol. The first kappa shape index (κ1) is 13.3. The third kappa shape index (κ3) is 3.08. The molecule has 2 aliphatic heterocycles. The molecule has 20 heavy (non-hydrogen) atoms. The molecule has 0 aromatic carbocycles. The van der Waals surface area contributed by atoms with Gasteiger partial charge in [0.25, 0.3) is 5.91 Å². The molecule has 0 radical (unpaired) electrons. The zero-order valence-electron chi connectivity index (χ0n) is 11.5. The van der Waals surface area contributed by atoms with Crippen LogP contribution in [0.2, 0.25) is 0 Å². The fraction of sp³-hybridized carbons (Fsp3) is 0.571. The molecule has 1 unspecified atom stereocenters. The van der Waals surface area contributed by atoms with E-state index >= 15 is 0 Å². The van der Waals surface area contributed by atoms with Gasteiger partial charge < -0.3 is 20.3 Å². The lowest BCUT2D eigenvalue weighted by atomic mass is 10.2. The van der Waals surface area contributed by atoms with Gasteiger partial charge in [0.2, 0.25) is 0 Å². The van der Waals surface area contributed by atoms with Crippen LogP contribution in [0.5, 0.6) is 0 Å². The van der Waals surface area contributed by atoms with E-state index in [0.717, 1.165) is 25.5 Å². The fourth-order valence-corrected chi connectivity index (χ4v) is 2.55. The second kappa shape index (κ2) is 6.19. The Kier molecular flexibility index (Phi) is 4.13. The first-order valence-electron chi connectivity index (χ1n) is 7.17. The minimum atomic E-state index is -0.415. The van der Waals surface area contributed by atoms with Crippen molar-refractivity contribution in [1.82, 2.24) is 10.3 Å². The molecule has 3 rings (SSSR count). The van der Waals surface area contributed by atoms with Crippen LogP contribution in [-0.2, 0) is 9.53 Å². The molecule has 1 aromatic rings. The largest absolute Gasteiger partial charge is 0.366 e. The van der Waals surface area contributed by atoms with Crippen LogP contribution in [0.4, 0.5) is 11.5 Å². The van der Waals surface area contributed by atoms with Crippen LogP contribution >= 0.6 is 0 Å². The van der Waals surface area contributed by atoms with Crippen LogP contribution in [-0.4, -0.2) is 49.8 Å². The Hall–Kier alpha value is -1.66. The highest BCUT2D eigenvalue weighted by Crippen LogP contribution is 2.19. The zero-order chi connectivity index (χ0) is 13.8. The van der Waals surface area contributed by atoms with E-state index in [1.807, 2.05) is 12.1 Å². The molecule has 0 spiro atoms.